The predicted octanol–water partition coefficient (Wildman–Crippen LogP) is 3.48. The molecular weight excluding hydrogens is 232 g/mol. The van der Waals surface area contributed by atoms with Gasteiger partial charge in [0.1, 0.15) is 0 Å². The van der Waals surface area contributed by atoms with Crippen molar-refractivity contribution in [3.05, 3.63) is 34.1 Å². The first-order valence-corrected chi connectivity index (χ1v) is 6.08. The molecule has 1 aromatic carbocycles. The maximum atomic E-state index is 10.3. The summed E-state index contributed by atoms with van der Waals surface area (Å²) in [7, 11) is 0. The second kappa shape index (κ2) is 7.37. The summed E-state index contributed by atoms with van der Waals surface area (Å²) >= 11 is 0. The Hall–Kier alpha value is -1.98. The number of hydrogen-bond acceptors (Lipinski definition) is 5. The number of rotatable bonds is 8. The fraction of sp³-hybridized carbons (Fsp3) is 0.500. The highest BCUT2D eigenvalue weighted by Gasteiger charge is 2.08. The molecule has 0 fully saturated rings. The van der Waals surface area contributed by atoms with E-state index in [1.54, 1.807) is 12.1 Å². The molecule has 98 valence electrons. The van der Waals surface area contributed by atoms with Gasteiger partial charge in [-0.15, -0.1) is 9.81 Å². The molecule has 0 saturated carbocycles. The van der Waals surface area contributed by atoms with Gasteiger partial charge in [0.15, 0.2) is 0 Å². The van der Waals surface area contributed by atoms with Crippen LogP contribution < -0.4 is 10.0 Å². The van der Waals surface area contributed by atoms with E-state index in [1.807, 2.05) is 12.1 Å². The van der Waals surface area contributed by atoms with Crippen LogP contribution in [0.4, 0.5) is 11.4 Å². The highest BCUT2D eigenvalue weighted by molar-refractivity contribution is 5.55. The molecule has 0 atom stereocenters. The van der Waals surface area contributed by atoms with Crippen LogP contribution in [0.3, 0.4) is 0 Å². The van der Waals surface area contributed by atoms with Crippen molar-refractivity contribution >= 4 is 11.4 Å². The maximum absolute atomic E-state index is 10.3. The minimum atomic E-state index is 0.372. The van der Waals surface area contributed by atoms with Gasteiger partial charge in [-0.2, -0.15) is 0 Å². The lowest BCUT2D eigenvalue weighted by Crippen LogP contribution is -2.24. The van der Waals surface area contributed by atoms with Crippen LogP contribution in [0.2, 0.25) is 0 Å². The van der Waals surface area contributed by atoms with Gasteiger partial charge in [-0.3, -0.25) is 0 Å². The fourth-order valence-corrected chi connectivity index (χ4v) is 1.82. The third-order valence-corrected chi connectivity index (χ3v) is 2.59. The quantitative estimate of drug-likeness (QED) is 0.523. The van der Waals surface area contributed by atoms with E-state index < -0.39 is 0 Å². The lowest BCUT2D eigenvalue weighted by Gasteiger charge is -2.24. The molecule has 0 unspecified atom stereocenters. The molecule has 6 nitrogen and oxygen atoms in total. The molecule has 0 N–H and O–H groups in total. The first kappa shape index (κ1) is 14.1. The van der Waals surface area contributed by atoms with Crippen LogP contribution in [0.25, 0.3) is 0 Å². The van der Waals surface area contributed by atoms with Gasteiger partial charge in [0.2, 0.25) is 0 Å². The van der Waals surface area contributed by atoms with Crippen LogP contribution in [0.1, 0.15) is 26.7 Å². The van der Waals surface area contributed by atoms with Gasteiger partial charge in [-0.1, -0.05) is 19.0 Å². The molecule has 1 rings (SSSR count). The molecule has 18 heavy (non-hydrogen) atoms. The van der Waals surface area contributed by atoms with Gasteiger partial charge in [0.05, 0.1) is 16.3 Å². The van der Waals surface area contributed by atoms with E-state index >= 15 is 0 Å². The molecule has 0 radical (unpaired) electrons. The molecule has 0 heterocycles. The molecule has 0 aliphatic carbocycles. The number of nitrogens with zero attached hydrogens (tertiary/aromatic N) is 4. The van der Waals surface area contributed by atoms with Gasteiger partial charge in [-0.05, 0) is 37.1 Å². The highest BCUT2D eigenvalue weighted by atomic mass is 16.4. The van der Waals surface area contributed by atoms with E-state index in [9.17, 15) is 9.81 Å². The Morgan fingerprint density at radius 2 is 1.33 bits per heavy atom. The smallest absolute Gasteiger partial charge is 0.0924 e. The summed E-state index contributed by atoms with van der Waals surface area (Å²) in [5, 5.41) is 5.55. The predicted molar refractivity (Wildman–Crippen MR) is 73.3 cm³/mol. The topological polar surface area (TPSA) is 65.3 Å². The molecular formula is C12H18N4O2. The molecule has 1 aromatic rings. The van der Waals surface area contributed by atoms with Crippen molar-refractivity contribution < 1.29 is 0 Å². The SMILES string of the molecule is CCCN(CCC)c1ccc(N(N=O)N=O)cc1. The first-order chi connectivity index (χ1) is 8.76. The number of nitroso groups, excluding NO2 is 2. The third kappa shape index (κ3) is 3.51. The van der Waals surface area contributed by atoms with Crippen molar-refractivity contribution in [3.8, 4) is 0 Å². The zero-order valence-corrected chi connectivity index (χ0v) is 10.7. The minimum Gasteiger partial charge on any atom is -0.372 e. The molecule has 0 aromatic heterocycles. The van der Waals surface area contributed by atoms with Crippen LogP contribution >= 0.6 is 0 Å². The first-order valence-electron chi connectivity index (χ1n) is 6.08. The van der Waals surface area contributed by atoms with Crippen LogP contribution in [0.15, 0.2) is 34.8 Å². The minimum absolute atomic E-state index is 0.372. The standard InChI is InChI=1S/C12H18N4O2/c1-3-9-15(10-4-2)11-5-7-12(8-6-11)16(13-17)14-18/h5-8H,3-4,9-10H2,1-2H3. The van der Waals surface area contributed by atoms with E-state index in [2.05, 4.69) is 29.3 Å². The molecule has 0 bridgehead atoms. The second-order valence-electron chi connectivity index (χ2n) is 3.96. The number of hydrogen-bond donors (Lipinski definition) is 0. The van der Waals surface area contributed by atoms with Crippen LogP contribution in [0, 0.1) is 9.81 Å². The van der Waals surface area contributed by atoms with Gasteiger partial charge in [0, 0.05) is 18.8 Å². The lowest BCUT2D eigenvalue weighted by atomic mass is 10.2. The molecule has 0 spiro atoms. The molecule has 0 amide bonds. The van der Waals surface area contributed by atoms with Crippen molar-refractivity contribution in [3.63, 3.8) is 0 Å². The van der Waals surface area contributed by atoms with Gasteiger partial charge in [0.25, 0.3) is 0 Å². The summed E-state index contributed by atoms with van der Waals surface area (Å²) in [6, 6.07) is 7.06. The normalized spacial score (nSPS) is 9.89. The van der Waals surface area contributed by atoms with Crippen LogP contribution in [-0.4, -0.2) is 13.1 Å². The Morgan fingerprint density at radius 3 is 1.72 bits per heavy atom. The van der Waals surface area contributed by atoms with Crippen molar-refractivity contribution in [1.29, 1.82) is 0 Å². The summed E-state index contributed by atoms with van der Waals surface area (Å²) in [6.07, 6.45) is 2.14. The van der Waals surface area contributed by atoms with Crippen molar-refractivity contribution in [1.82, 2.24) is 0 Å². The summed E-state index contributed by atoms with van der Waals surface area (Å²) in [5.41, 5.74) is 1.44. The fourth-order valence-electron chi connectivity index (χ4n) is 1.82. The summed E-state index contributed by atoms with van der Waals surface area (Å²) in [6.45, 7) is 6.22. The number of benzene rings is 1. The van der Waals surface area contributed by atoms with Crippen molar-refractivity contribution in [2.24, 2.45) is 10.6 Å². The zero-order chi connectivity index (χ0) is 13.4. The Bertz CT molecular complexity index is 366. The zero-order valence-electron chi connectivity index (χ0n) is 10.7. The lowest BCUT2D eigenvalue weighted by molar-refractivity contribution is 0.745. The van der Waals surface area contributed by atoms with Crippen LogP contribution in [-0.2, 0) is 0 Å². The van der Waals surface area contributed by atoms with Gasteiger partial charge < -0.3 is 4.90 Å². The Morgan fingerprint density at radius 1 is 0.889 bits per heavy atom. The van der Waals surface area contributed by atoms with E-state index in [0.29, 0.717) is 10.8 Å². The Labute approximate surface area is 106 Å². The molecule has 0 saturated heterocycles. The number of anilines is 2. The maximum Gasteiger partial charge on any atom is 0.0924 e. The monoisotopic (exact) mass is 250 g/mol. The average molecular weight is 250 g/mol. The largest absolute Gasteiger partial charge is 0.372 e. The van der Waals surface area contributed by atoms with Crippen molar-refractivity contribution in [2.45, 2.75) is 26.7 Å². The second-order valence-corrected chi connectivity index (χ2v) is 3.96. The Balaban J connectivity index is 2.85. The van der Waals surface area contributed by atoms with E-state index in [4.69, 9.17) is 0 Å². The Kier molecular flexibility index (Phi) is 5.76. The van der Waals surface area contributed by atoms with E-state index in [1.165, 1.54) is 0 Å². The summed E-state index contributed by atoms with van der Waals surface area (Å²) in [5.74, 6) is 0. The molecule has 0 aliphatic rings. The van der Waals surface area contributed by atoms with E-state index in [-0.39, 0.29) is 0 Å². The molecule has 6 heteroatoms. The third-order valence-electron chi connectivity index (χ3n) is 2.59. The van der Waals surface area contributed by atoms with Crippen molar-refractivity contribution in [2.75, 3.05) is 23.1 Å². The molecule has 0 aliphatic heterocycles. The van der Waals surface area contributed by atoms with Gasteiger partial charge >= 0.3 is 0 Å². The van der Waals surface area contributed by atoms with Crippen LogP contribution in [0.5, 0.6) is 0 Å². The highest BCUT2D eigenvalue weighted by Crippen LogP contribution is 2.21. The summed E-state index contributed by atoms with van der Waals surface area (Å²) in [4.78, 5) is 22.9. The summed E-state index contributed by atoms with van der Waals surface area (Å²) < 4.78 is 0. The van der Waals surface area contributed by atoms with Gasteiger partial charge in [-0.25, -0.2) is 0 Å². The van der Waals surface area contributed by atoms with E-state index in [0.717, 1.165) is 31.6 Å². The average Bonchev–Trinajstić information content (AvgIpc) is 2.41.